The summed E-state index contributed by atoms with van der Waals surface area (Å²) < 4.78 is 0. The predicted molar refractivity (Wildman–Crippen MR) is 105 cm³/mol. The van der Waals surface area contributed by atoms with Gasteiger partial charge in [0.1, 0.15) is 0 Å². The molecule has 2 aliphatic heterocycles. The van der Waals surface area contributed by atoms with Gasteiger partial charge in [-0.05, 0) is 37.5 Å². The lowest BCUT2D eigenvalue weighted by Gasteiger charge is -2.22. The zero-order valence-corrected chi connectivity index (χ0v) is 16.7. The van der Waals surface area contributed by atoms with Crippen LogP contribution in [0.25, 0.3) is 0 Å². The maximum atomic E-state index is 12.8. The van der Waals surface area contributed by atoms with Gasteiger partial charge in [-0.1, -0.05) is 19.1 Å². The molecule has 2 heterocycles. The summed E-state index contributed by atoms with van der Waals surface area (Å²) in [5, 5.41) is 0. The third-order valence-electron chi connectivity index (χ3n) is 5.79. The molecule has 146 valence electrons. The van der Waals surface area contributed by atoms with Crippen molar-refractivity contribution in [1.29, 1.82) is 0 Å². The molecule has 0 saturated carbocycles. The summed E-state index contributed by atoms with van der Waals surface area (Å²) in [7, 11) is 1.79. The van der Waals surface area contributed by atoms with Crippen molar-refractivity contribution in [1.82, 2.24) is 9.80 Å². The van der Waals surface area contributed by atoms with E-state index >= 15 is 0 Å². The highest BCUT2D eigenvalue weighted by atomic mass is 16.2. The van der Waals surface area contributed by atoms with Crippen LogP contribution in [0.1, 0.15) is 44.7 Å². The van der Waals surface area contributed by atoms with Crippen LogP contribution in [0, 0.1) is 0 Å². The number of rotatable bonds is 3. The van der Waals surface area contributed by atoms with Gasteiger partial charge in [0.2, 0.25) is 17.7 Å². The van der Waals surface area contributed by atoms with E-state index in [9.17, 15) is 14.4 Å². The second kappa shape index (κ2) is 7.33. The molecule has 0 radical (unpaired) electrons. The van der Waals surface area contributed by atoms with Crippen LogP contribution < -0.4 is 4.90 Å². The first kappa shape index (κ1) is 19.4. The third-order valence-corrected chi connectivity index (χ3v) is 5.79. The summed E-state index contributed by atoms with van der Waals surface area (Å²) in [6.45, 7) is 8.32. The number of carbonyl (C=O) groups is 3. The molecule has 0 spiro atoms. The summed E-state index contributed by atoms with van der Waals surface area (Å²) in [5.74, 6) is 0.310. The zero-order chi connectivity index (χ0) is 19.8. The molecule has 1 fully saturated rings. The van der Waals surface area contributed by atoms with Crippen molar-refractivity contribution < 1.29 is 14.4 Å². The number of benzene rings is 1. The van der Waals surface area contributed by atoms with E-state index in [-0.39, 0.29) is 17.7 Å². The topological polar surface area (TPSA) is 60.9 Å². The largest absolute Gasteiger partial charge is 0.341 e. The molecule has 1 aromatic rings. The quantitative estimate of drug-likeness (QED) is 0.816. The normalized spacial score (nSPS) is 19.1. The number of carbonyl (C=O) groups excluding carboxylic acids is 3. The molecule has 0 aromatic heterocycles. The second-order valence-corrected chi connectivity index (χ2v) is 7.99. The van der Waals surface area contributed by atoms with Crippen LogP contribution in [0.5, 0.6) is 0 Å². The molecule has 1 aromatic carbocycles. The summed E-state index contributed by atoms with van der Waals surface area (Å²) in [6, 6.07) is 5.88. The lowest BCUT2D eigenvalue weighted by Crippen LogP contribution is -2.37. The SMILES string of the molecule is CCC(=O)N1CCCN(C(=O)Cc2ccc3c(c2)C(C)(C)C(=O)N3C)CC1. The Morgan fingerprint density at radius 1 is 1.04 bits per heavy atom. The highest BCUT2D eigenvalue weighted by molar-refractivity contribution is 6.07. The Labute approximate surface area is 161 Å². The minimum absolute atomic E-state index is 0.0779. The van der Waals surface area contributed by atoms with Gasteiger partial charge in [-0.2, -0.15) is 0 Å². The second-order valence-electron chi connectivity index (χ2n) is 7.99. The van der Waals surface area contributed by atoms with Crippen molar-refractivity contribution >= 4 is 23.4 Å². The number of hydrogen-bond donors (Lipinski definition) is 0. The van der Waals surface area contributed by atoms with Gasteiger partial charge >= 0.3 is 0 Å². The van der Waals surface area contributed by atoms with Gasteiger partial charge in [0.15, 0.2) is 0 Å². The van der Waals surface area contributed by atoms with E-state index < -0.39 is 5.41 Å². The van der Waals surface area contributed by atoms with Gasteiger partial charge in [0.05, 0.1) is 11.8 Å². The number of amides is 3. The van der Waals surface area contributed by atoms with E-state index in [1.807, 2.05) is 48.8 Å². The Kier molecular flexibility index (Phi) is 5.27. The van der Waals surface area contributed by atoms with E-state index in [0.717, 1.165) is 29.8 Å². The Bertz CT molecular complexity index is 772. The van der Waals surface area contributed by atoms with Gasteiger partial charge in [-0.25, -0.2) is 0 Å². The number of anilines is 1. The molecular weight excluding hydrogens is 342 g/mol. The smallest absolute Gasteiger partial charge is 0.236 e. The monoisotopic (exact) mass is 371 g/mol. The maximum Gasteiger partial charge on any atom is 0.236 e. The number of likely N-dealkylation sites (N-methyl/N-ethyl adjacent to an activating group) is 1. The molecule has 27 heavy (non-hydrogen) atoms. The summed E-state index contributed by atoms with van der Waals surface area (Å²) >= 11 is 0. The number of nitrogens with zero attached hydrogens (tertiary/aromatic N) is 3. The third kappa shape index (κ3) is 3.57. The zero-order valence-electron chi connectivity index (χ0n) is 16.7. The summed E-state index contributed by atoms with van der Waals surface area (Å²) in [5.41, 5.74) is 2.27. The maximum absolute atomic E-state index is 12.8. The molecule has 6 heteroatoms. The minimum atomic E-state index is -0.563. The Balaban J connectivity index is 1.70. The van der Waals surface area contributed by atoms with E-state index in [2.05, 4.69) is 0 Å². The van der Waals surface area contributed by atoms with Crippen molar-refractivity contribution in [3.63, 3.8) is 0 Å². The van der Waals surface area contributed by atoms with Gasteiger partial charge in [-0.3, -0.25) is 14.4 Å². The first-order valence-electron chi connectivity index (χ1n) is 9.72. The number of fused-ring (bicyclic) bond motifs is 1. The van der Waals surface area contributed by atoms with Crippen LogP contribution in [0.3, 0.4) is 0 Å². The highest BCUT2D eigenvalue weighted by Crippen LogP contribution is 2.41. The van der Waals surface area contributed by atoms with E-state index in [4.69, 9.17) is 0 Å². The van der Waals surface area contributed by atoms with Crippen LogP contribution >= 0.6 is 0 Å². The molecule has 0 N–H and O–H groups in total. The van der Waals surface area contributed by atoms with Gasteiger partial charge < -0.3 is 14.7 Å². The lowest BCUT2D eigenvalue weighted by molar-refractivity contribution is -0.133. The molecule has 0 bridgehead atoms. The highest BCUT2D eigenvalue weighted by Gasteiger charge is 2.42. The molecule has 3 amide bonds. The molecular formula is C21H29N3O3. The Morgan fingerprint density at radius 3 is 2.30 bits per heavy atom. The lowest BCUT2D eigenvalue weighted by atomic mass is 9.85. The molecule has 0 atom stereocenters. The first-order valence-corrected chi connectivity index (χ1v) is 9.72. The average molecular weight is 371 g/mol. The molecule has 3 rings (SSSR count). The van der Waals surface area contributed by atoms with Gasteiger partial charge in [0.25, 0.3) is 0 Å². The van der Waals surface area contributed by atoms with Crippen molar-refractivity contribution in [3.8, 4) is 0 Å². The van der Waals surface area contributed by atoms with E-state index in [0.29, 0.717) is 32.5 Å². The van der Waals surface area contributed by atoms with Gasteiger partial charge in [-0.15, -0.1) is 0 Å². The fourth-order valence-corrected chi connectivity index (χ4v) is 4.06. The van der Waals surface area contributed by atoms with Crippen LogP contribution in [0.2, 0.25) is 0 Å². The molecule has 6 nitrogen and oxygen atoms in total. The number of hydrogen-bond acceptors (Lipinski definition) is 3. The molecule has 2 aliphatic rings. The Morgan fingerprint density at radius 2 is 1.67 bits per heavy atom. The first-order chi connectivity index (χ1) is 12.8. The van der Waals surface area contributed by atoms with Crippen molar-refractivity contribution in [2.24, 2.45) is 0 Å². The molecule has 0 unspecified atom stereocenters. The van der Waals surface area contributed by atoms with Gasteiger partial charge in [0, 0.05) is 45.3 Å². The fraction of sp³-hybridized carbons (Fsp3) is 0.571. The minimum Gasteiger partial charge on any atom is -0.341 e. The summed E-state index contributed by atoms with van der Waals surface area (Å²) in [4.78, 5) is 42.5. The Hall–Kier alpha value is -2.37. The predicted octanol–water partition coefficient (Wildman–Crippen LogP) is 1.95. The standard InChI is InChI=1S/C21H29N3O3/c1-5-18(25)23-9-6-10-24(12-11-23)19(26)14-15-7-8-17-16(13-15)21(2,3)20(27)22(17)4/h7-8,13H,5-6,9-12,14H2,1-4H3. The fourth-order valence-electron chi connectivity index (χ4n) is 4.06. The molecule has 1 saturated heterocycles. The van der Waals surface area contributed by atoms with Crippen LogP contribution in [-0.4, -0.2) is 60.7 Å². The van der Waals surface area contributed by atoms with Crippen molar-refractivity contribution in [2.45, 2.75) is 45.4 Å². The molecule has 0 aliphatic carbocycles. The van der Waals surface area contributed by atoms with Crippen LogP contribution in [0.15, 0.2) is 18.2 Å². The van der Waals surface area contributed by atoms with Crippen molar-refractivity contribution in [3.05, 3.63) is 29.3 Å². The van der Waals surface area contributed by atoms with E-state index in [1.54, 1.807) is 11.9 Å². The summed E-state index contributed by atoms with van der Waals surface area (Å²) in [6.07, 6.45) is 1.64. The van der Waals surface area contributed by atoms with E-state index in [1.165, 1.54) is 0 Å². The van der Waals surface area contributed by atoms with Crippen molar-refractivity contribution in [2.75, 3.05) is 38.1 Å². The average Bonchev–Trinajstić information content (AvgIpc) is 2.86. The van der Waals surface area contributed by atoms with Crippen LogP contribution in [-0.2, 0) is 26.2 Å². The van der Waals surface area contributed by atoms with Crippen LogP contribution in [0.4, 0.5) is 5.69 Å².